The minimum absolute atomic E-state index is 0.142. The highest BCUT2D eigenvalue weighted by molar-refractivity contribution is 6.19. The number of rotatable bonds is 7. The number of alkyl halides is 1. The molecule has 1 heterocycles. The lowest BCUT2D eigenvalue weighted by molar-refractivity contribution is -0.141. The molecule has 0 aromatic heterocycles. The first-order valence-corrected chi connectivity index (χ1v) is 7.52. The number of carbonyl (C=O) groups excluding carboxylic acids is 1. The second kappa shape index (κ2) is 7.35. The van der Waals surface area contributed by atoms with Crippen molar-refractivity contribution < 1.29 is 24.2 Å². The Morgan fingerprint density at radius 3 is 2.77 bits per heavy atom. The number of aliphatic carboxylic acids is 1. The van der Waals surface area contributed by atoms with Crippen molar-refractivity contribution in [2.75, 3.05) is 12.7 Å². The normalized spacial score (nSPS) is 15.2. The third kappa shape index (κ3) is 4.04. The second-order valence-electron chi connectivity index (χ2n) is 5.15. The molecular weight excluding hydrogens is 310 g/mol. The van der Waals surface area contributed by atoms with Crippen LogP contribution in [-0.4, -0.2) is 35.7 Å². The monoisotopic (exact) mass is 327 g/mol. The number of benzene rings is 1. The highest BCUT2D eigenvalue weighted by Gasteiger charge is 2.22. The number of amides is 1. The molecule has 1 unspecified atom stereocenters. The maximum Gasteiger partial charge on any atom is 0.325 e. The Bertz CT molecular complexity index is 563. The van der Waals surface area contributed by atoms with Crippen LogP contribution in [0.25, 0.3) is 0 Å². The van der Waals surface area contributed by atoms with Crippen molar-refractivity contribution in [3.8, 4) is 11.5 Å². The van der Waals surface area contributed by atoms with E-state index < -0.39 is 17.9 Å². The number of fused-ring (bicyclic) bond motifs is 1. The molecule has 0 saturated heterocycles. The van der Waals surface area contributed by atoms with Crippen LogP contribution in [0.4, 0.5) is 0 Å². The van der Waals surface area contributed by atoms with E-state index in [1.165, 1.54) is 6.92 Å². The van der Waals surface area contributed by atoms with Gasteiger partial charge in [0.25, 0.3) is 0 Å². The van der Waals surface area contributed by atoms with Gasteiger partial charge in [0, 0.05) is 5.88 Å². The molecule has 120 valence electrons. The predicted octanol–water partition coefficient (Wildman–Crippen LogP) is 1.79. The molecule has 0 saturated carbocycles. The van der Waals surface area contributed by atoms with Gasteiger partial charge in [-0.15, -0.1) is 11.6 Å². The Balaban J connectivity index is 1.90. The van der Waals surface area contributed by atoms with Gasteiger partial charge in [-0.1, -0.05) is 6.07 Å². The maximum absolute atomic E-state index is 12.0. The van der Waals surface area contributed by atoms with Gasteiger partial charge in [-0.05, 0) is 37.5 Å². The first kappa shape index (κ1) is 16.4. The van der Waals surface area contributed by atoms with Gasteiger partial charge in [-0.2, -0.15) is 0 Å². The summed E-state index contributed by atoms with van der Waals surface area (Å²) in [4.78, 5) is 22.8. The van der Waals surface area contributed by atoms with Crippen molar-refractivity contribution in [3.05, 3.63) is 23.8 Å². The van der Waals surface area contributed by atoms with E-state index in [1.54, 1.807) is 0 Å². The summed E-state index contributed by atoms with van der Waals surface area (Å²) in [7, 11) is 0. The van der Waals surface area contributed by atoms with E-state index in [2.05, 4.69) is 5.32 Å². The number of carbonyl (C=O) groups is 2. The van der Waals surface area contributed by atoms with Gasteiger partial charge in [0.2, 0.25) is 12.7 Å². The van der Waals surface area contributed by atoms with Crippen LogP contribution in [0.2, 0.25) is 0 Å². The summed E-state index contributed by atoms with van der Waals surface area (Å²) in [5.74, 6) is -0.297. The molecule has 0 fully saturated rings. The molecular formula is C15H18ClNO5. The summed E-state index contributed by atoms with van der Waals surface area (Å²) >= 11 is 5.83. The lowest BCUT2D eigenvalue weighted by Gasteiger charge is -2.16. The van der Waals surface area contributed by atoms with Crippen LogP contribution in [0.15, 0.2) is 18.2 Å². The number of carboxylic acid groups (broad SMARTS) is 1. The fraction of sp³-hybridized carbons (Fsp3) is 0.467. The molecule has 1 aliphatic heterocycles. The van der Waals surface area contributed by atoms with E-state index in [1.807, 2.05) is 18.2 Å². The molecule has 0 spiro atoms. The van der Waals surface area contributed by atoms with Gasteiger partial charge < -0.3 is 19.9 Å². The van der Waals surface area contributed by atoms with E-state index in [4.69, 9.17) is 26.2 Å². The second-order valence-corrected chi connectivity index (χ2v) is 5.45. The van der Waals surface area contributed by atoms with Crippen molar-refractivity contribution in [2.24, 2.45) is 5.92 Å². The fourth-order valence-corrected chi connectivity index (χ4v) is 2.40. The van der Waals surface area contributed by atoms with Crippen molar-refractivity contribution in [1.29, 1.82) is 0 Å². The Labute approximate surface area is 133 Å². The SMILES string of the molecule is C[C@H](NC(=O)C(CCl)CCc1ccc2c(c1)OCO2)C(=O)O. The molecule has 1 aromatic carbocycles. The number of hydrogen-bond acceptors (Lipinski definition) is 4. The van der Waals surface area contributed by atoms with Crippen LogP contribution in [0, 0.1) is 5.92 Å². The van der Waals surface area contributed by atoms with Crippen LogP contribution in [0.3, 0.4) is 0 Å². The number of hydrogen-bond donors (Lipinski definition) is 2. The number of nitrogens with one attached hydrogen (secondary N) is 1. The number of halogens is 1. The van der Waals surface area contributed by atoms with E-state index in [0.717, 1.165) is 5.56 Å². The standard InChI is InChI=1S/C15H18ClNO5/c1-9(15(19)20)17-14(18)11(7-16)4-2-10-3-5-12-13(6-10)22-8-21-12/h3,5-6,9,11H,2,4,7-8H2,1H3,(H,17,18)(H,19,20)/t9-,11?/m0/s1. The van der Waals surface area contributed by atoms with Crippen molar-refractivity contribution >= 4 is 23.5 Å². The van der Waals surface area contributed by atoms with Gasteiger partial charge in [0.15, 0.2) is 11.5 Å². The highest BCUT2D eigenvalue weighted by atomic mass is 35.5. The van der Waals surface area contributed by atoms with Crippen molar-refractivity contribution in [1.82, 2.24) is 5.32 Å². The summed E-state index contributed by atoms with van der Waals surface area (Å²) in [5, 5.41) is 11.3. The Hall–Kier alpha value is -1.95. The zero-order valence-corrected chi connectivity index (χ0v) is 12.9. The Morgan fingerprint density at radius 2 is 2.09 bits per heavy atom. The summed E-state index contributed by atoms with van der Waals surface area (Å²) < 4.78 is 10.5. The lowest BCUT2D eigenvalue weighted by atomic mass is 9.99. The molecule has 0 radical (unpaired) electrons. The highest BCUT2D eigenvalue weighted by Crippen LogP contribution is 2.33. The number of carboxylic acids is 1. The zero-order valence-electron chi connectivity index (χ0n) is 12.2. The van der Waals surface area contributed by atoms with E-state index in [0.29, 0.717) is 24.3 Å². The lowest BCUT2D eigenvalue weighted by Crippen LogP contribution is -2.42. The summed E-state index contributed by atoms with van der Waals surface area (Å²) in [5.41, 5.74) is 1.01. The average Bonchev–Trinajstić information content (AvgIpc) is 2.95. The molecule has 1 aromatic rings. The zero-order chi connectivity index (χ0) is 16.1. The predicted molar refractivity (Wildman–Crippen MR) is 80.3 cm³/mol. The number of aryl methyl sites for hydroxylation is 1. The van der Waals surface area contributed by atoms with E-state index >= 15 is 0 Å². The van der Waals surface area contributed by atoms with E-state index in [9.17, 15) is 9.59 Å². The van der Waals surface area contributed by atoms with Gasteiger partial charge >= 0.3 is 5.97 Å². The van der Waals surface area contributed by atoms with Gasteiger partial charge in [-0.25, -0.2) is 0 Å². The van der Waals surface area contributed by atoms with Gasteiger partial charge in [0.1, 0.15) is 6.04 Å². The van der Waals surface area contributed by atoms with Crippen LogP contribution in [-0.2, 0) is 16.0 Å². The first-order chi connectivity index (χ1) is 10.5. The van der Waals surface area contributed by atoms with Crippen LogP contribution in [0.1, 0.15) is 18.9 Å². The quantitative estimate of drug-likeness (QED) is 0.746. The molecule has 22 heavy (non-hydrogen) atoms. The largest absolute Gasteiger partial charge is 0.480 e. The van der Waals surface area contributed by atoms with Gasteiger partial charge in [0.05, 0.1) is 5.92 Å². The third-order valence-corrected chi connectivity index (χ3v) is 3.88. The molecule has 2 atom stereocenters. The smallest absolute Gasteiger partial charge is 0.325 e. The fourth-order valence-electron chi connectivity index (χ4n) is 2.11. The average molecular weight is 328 g/mol. The van der Waals surface area contributed by atoms with Crippen LogP contribution < -0.4 is 14.8 Å². The first-order valence-electron chi connectivity index (χ1n) is 6.99. The minimum Gasteiger partial charge on any atom is -0.480 e. The third-order valence-electron chi connectivity index (χ3n) is 3.50. The van der Waals surface area contributed by atoms with E-state index in [-0.39, 0.29) is 18.6 Å². The topological polar surface area (TPSA) is 84.9 Å². The summed E-state index contributed by atoms with van der Waals surface area (Å²) in [6.07, 6.45) is 1.17. The molecule has 6 nitrogen and oxygen atoms in total. The summed E-state index contributed by atoms with van der Waals surface area (Å²) in [6, 6.07) is 4.70. The minimum atomic E-state index is -1.07. The van der Waals surface area contributed by atoms with Crippen LogP contribution in [0.5, 0.6) is 11.5 Å². The Morgan fingerprint density at radius 1 is 1.36 bits per heavy atom. The van der Waals surface area contributed by atoms with Crippen LogP contribution >= 0.6 is 11.6 Å². The molecule has 2 N–H and O–H groups in total. The maximum atomic E-state index is 12.0. The molecule has 2 rings (SSSR count). The summed E-state index contributed by atoms with van der Waals surface area (Å²) in [6.45, 7) is 1.64. The van der Waals surface area contributed by atoms with Crippen molar-refractivity contribution in [3.63, 3.8) is 0 Å². The van der Waals surface area contributed by atoms with Crippen molar-refractivity contribution in [2.45, 2.75) is 25.8 Å². The molecule has 1 aliphatic rings. The molecule has 0 aliphatic carbocycles. The molecule has 1 amide bonds. The molecule has 7 heteroatoms. The Kier molecular flexibility index (Phi) is 5.49. The number of ether oxygens (including phenoxy) is 2. The molecule has 0 bridgehead atoms. The van der Waals surface area contributed by atoms with Gasteiger partial charge in [-0.3, -0.25) is 9.59 Å².